The second-order valence-electron chi connectivity index (χ2n) is 6.90. The van der Waals surface area contributed by atoms with Gasteiger partial charge in [0, 0.05) is 11.1 Å². The van der Waals surface area contributed by atoms with E-state index in [9.17, 15) is 4.79 Å². The van der Waals surface area contributed by atoms with Gasteiger partial charge in [-0.15, -0.1) is 0 Å². The lowest BCUT2D eigenvalue weighted by Gasteiger charge is -2.37. The van der Waals surface area contributed by atoms with Crippen LogP contribution < -0.4 is 10.3 Å². The topological polar surface area (TPSA) is 44.7 Å². The van der Waals surface area contributed by atoms with Gasteiger partial charge in [0.1, 0.15) is 0 Å². The van der Waals surface area contributed by atoms with Crippen LogP contribution in [0.5, 0.6) is 0 Å². The third kappa shape index (κ3) is 1.68. The van der Waals surface area contributed by atoms with Crippen LogP contribution in [0.15, 0.2) is 59.7 Å². The highest BCUT2D eigenvalue weighted by Crippen LogP contribution is 2.51. The number of anilines is 2. The first-order valence-electron chi connectivity index (χ1n) is 8.37. The zero-order valence-electron chi connectivity index (χ0n) is 14.2. The van der Waals surface area contributed by atoms with Gasteiger partial charge in [0.2, 0.25) is 0 Å². The predicted octanol–water partition coefficient (Wildman–Crippen LogP) is 3.94. The summed E-state index contributed by atoms with van der Waals surface area (Å²) < 4.78 is 0. The van der Waals surface area contributed by atoms with Gasteiger partial charge in [-0.1, -0.05) is 57.2 Å². The molecule has 2 aromatic carbocycles. The van der Waals surface area contributed by atoms with Crippen molar-refractivity contribution < 1.29 is 4.79 Å². The summed E-state index contributed by atoms with van der Waals surface area (Å²) in [6, 6.07) is 17.8. The molecule has 1 spiro atoms. The van der Waals surface area contributed by atoms with Gasteiger partial charge >= 0.3 is 0 Å². The molecule has 0 fully saturated rings. The number of hydrazone groups is 1. The van der Waals surface area contributed by atoms with Crippen molar-refractivity contribution in [2.45, 2.75) is 38.1 Å². The summed E-state index contributed by atoms with van der Waals surface area (Å²) >= 11 is 0. The summed E-state index contributed by atoms with van der Waals surface area (Å²) in [5.74, 6) is -0.00764. The maximum absolute atomic E-state index is 13.5. The van der Waals surface area contributed by atoms with E-state index in [0.717, 1.165) is 29.1 Å². The van der Waals surface area contributed by atoms with Crippen LogP contribution >= 0.6 is 0 Å². The maximum Gasteiger partial charge on any atom is 0.279 e. The lowest BCUT2D eigenvalue weighted by Crippen LogP contribution is -2.60. The number of benzene rings is 2. The minimum atomic E-state index is -0.818. The summed E-state index contributed by atoms with van der Waals surface area (Å²) in [6.45, 7) is 6.32. The Balaban J connectivity index is 1.88. The molecule has 0 bridgehead atoms. The Labute approximate surface area is 142 Å². The summed E-state index contributed by atoms with van der Waals surface area (Å²) in [6.07, 6.45) is 0.722. The van der Waals surface area contributed by atoms with Crippen LogP contribution in [-0.4, -0.2) is 17.2 Å². The molecule has 1 unspecified atom stereocenters. The second kappa shape index (κ2) is 4.94. The predicted molar refractivity (Wildman–Crippen MR) is 97.5 cm³/mol. The van der Waals surface area contributed by atoms with Crippen molar-refractivity contribution in [2.75, 3.05) is 10.3 Å². The Bertz CT molecular complexity index is 841. The summed E-state index contributed by atoms with van der Waals surface area (Å²) in [5.41, 5.74) is 2.68. The summed E-state index contributed by atoms with van der Waals surface area (Å²) in [7, 11) is 0. The van der Waals surface area contributed by atoms with E-state index >= 15 is 0 Å². The van der Waals surface area contributed by atoms with E-state index < -0.39 is 5.54 Å². The number of hydrogen-bond acceptors (Lipinski definition) is 3. The number of fused-ring (bicyclic) bond motifs is 1. The average molecular weight is 319 g/mol. The zero-order chi connectivity index (χ0) is 16.9. The molecule has 122 valence electrons. The Morgan fingerprint density at radius 2 is 1.71 bits per heavy atom. The number of nitrogens with zero attached hydrogens (tertiary/aromatic N) is 2. The molecule has 0 saturated carbocycles. The number of nitrogens with one attached hydrogen (secondary N) is 1. The smallest absolute Gasteiger partial charge is 0.279 e. The lowest BCUT2D eigenvalue weighted by atomic mass is 9.67. The number of para-hydroxylation sites is 2. The van der Waals surface area contributed by atoms with E-state index in [1.54, 1.807) is 5.01 Å². The Kier molecular flexibility index (Phi) is 3.07. The monoisotopic (exact) mass is 319 g/mol. The van der Waals surface area contributed by atoms with Crippen LogP contribution in [0.4, 0.5) is 11.4 Å². The zero-order valence-corrected chi connectivity index (χ0v) is 14.2. The number of hydrogen-bond donors (Lipinski definition) is 1. The molecule has 0 aromatic heterocycles. The SMILES string of the molecule is CCC1=NN(c2ccccc2)C(=O)C12Nc1ccccc1C2(C)C. The Morgan fingerprint density at radius 3 is 2.38 bits per heavy atom. The molecule has 0 saturated heterocycles. The largest absolute Gasteiger partial charge is 0.366 e. The third-order valence-electron chi connectivity index (χ3n) is 5.36. The molecule has 1 atom stereocenters. The standard InChI is InChI=1S/C20H21N3O/c1-4-17-20(18(24)23(22-17)14-10-6-5-7-11-14)19(2,3)15-12-8-9-13-16(15)21-20/h5-13,21H,4H2,1-3H3. The molecule has 2 aliphatic rings. The molecular formula is C20H21N3O. The van der Waals surface area contributed by atoms with E-state index in [-0.39, 0.29) is 11.3 Å². The van der Waals surface area contributed by atoms with Crippen LogP contribution in [0.3, 0.4) is 0 Å². The van der Waals surface area contributed by atoms with Crippen molar-refractivity contribution >= 4 is 23.0 Å². The second-order valence-corrected chi connectivity index (χ2v) is 6.90. The Hall–Kier alpha value is -2.62. The van der Waals surface area contributed by atoms with Crippen LogP contribution in [-0.2, 0) is 10.2 Å². The molecule has 4 heteroatoms. The lowest BCUT2D eigenvalue weighted by molar-refractivity contribution is -0.121. The minimum absolute atomic E-state index is 0.00764. The molecule has 0 radical (unpaired) electrons. The fourth-order valence-corrected chi connectivity index (χ4v) is 4.05. The number of carbonyl (C=O) groups excluding carboxylic acids is 1. The van der Waals surface area contributed by atoms with Crippen LogP contribution in [0.2, 0.25) is 0 Å². The molecule has 0 aliphatic carbocycles. The molecule has 1 N–H and O–H groups in total. The highest BCUT2D eigenvalue weighted by Gasteiger charge is 2.64. The Morgan fingerprint density at radius 1 is 1.04 bits per heavy atom. The van der Waals surface area contributed by atoms with Crippen molar-refractivity contribution in [1.29, 1.82) is 0 Å². The first-order chi connectivity index (χ1) is 11.5. The number of rotatable bonds is 2. The highest BCUT2D eigenvalue weighted by atomic mass is 16.2. The van der Waals surface area contributed by atoms with Gasteiger partial charge in [0.25, 0.3) is 5.91 Å². The van der Waals surface area contributed by atoms with Gasteiger partial charge in [-0.25, -0.2) is 0 Å². The molecule has 2 heterocycles. The van der Waals surface area contributed by atoms with Gasteiger partial charge in [-0.05, 0) is 30.2 Å². The first-order valence-corrected chi connectivity index (χ1v) is 8.37. The van der Waals surface area contributed by atoms with Crippen LogP contribution in [0.1, 0.15) is 32.8 Å². The van der Waals surface area contributed by atoms with Crippen LogP contribution in [0, 0.1) is 0 Å². The fourth-order valence-electron chi connectivity index (χ4n) is 4.05. The van der Waals surface area contributed by atoms with Gasteiger partial charge < -0.3 is 5.32 Å². The normalized spacial score (nSPS) is 24.0. The van der Waals surface area contributed by atoms with E-state index in [1.807, 2.05) is 48.5 Å². The average Bonchev–Trinajstić information content (AvgIpc) is 3.02. The van der Waals surface area contributed by atoms with Crippen LogP contribution in [0.25, 0.3) is 0 Å². The third-order valence-corrected chi connectivity index (χ3v) is 5.36. The molecule has 2 aromatic rings. The van der Waals surface area contributed by atoms with Crippen molar-refractivity contribution in [3.05, 3.63) is 60.2 Å². The van der Waals surface area contributed by atoms with E-state index in [4.69, 9.17) is 5.10 Å². The molecule has 24 heavy (non-hydrogen) atoms. The molecular weight excluding hydrogens is 298 g/mol. The summed E-state index contributed by atoms with van der Waals surface area (Å²) in [4.78, 5) is 13.5. The van der Waals surface area contributed by atoms with Crippen molar-refractivity contribution in [3.8, 4) is 0 Å². The van der Waals surface area contributed by atoms with Crippen molar-refractivity contribution in [1.82, 2.24) is 0 Å². The first kappa shape index (κ1) is 14.9. The van der Waals surface area contributed by atoms with Gasteiger partial charge in [-0.3, -0.25) is 4.79 Å². The van der Waals surface area contributed by atoms with Crippen molar-refractivity contribution in [2.24, 2.45) is 5.10 Å². The molecule has 4 rings (SSSR count). The number of amides is 1. The minimum Gasteiger partial charge on any atom is -0.366 e. The molecule has 4 nitrogen and oxygen atoms in total. The van der Waals surface area contributed by atoms with E-state index in [2.05, 4.69) is 32.2 Å². The van der Waals surface area contributed by atoms with E-state index in [0.29, 0.717) is 0 Å². The van der Waals surface area contributed by atoms with E-state index in [1.165, 1.54) is 0 Å². The summed E-state index contributed by atoms with van der Waals surface area (Å²) in [5, 5.41) is 9.79. The fraction of sp³-hybridized carbons (Fsp3) is 0.300. The molecule has 2 aliphatic heterocycles. The van der Waals surface area contributed by atoms with Gasteiger partial charge in [-0.2, -0.15) is 10.1 Å². The molecule has 1 amide bonds. The van der Waals surface area contributed by atoms with Gasteiger partial charge in [0.15, 0.2) is 5.54 Å². The quantitative estimate of drug-likeness (QED) is 0.911. The number of carbonyl (C=O) groups is 1. The maximum atomic E-state index is 13.5. The van der Waals surface area contributed by atoms with Crippen molar-refractivity contribution in [3.63, 3.8) is 0 Å². The highest BCUT2D eigenvalue weighted by molar-refractivity contribution is 6.27. The van der Waals surface area contributed by atoms with Gasteiger partial charge in [0.05, 0.1) is 11.4 Å².